The van der Waals surface area contributed by atoms with E-state index in [1.807, 2.05) is 22.9 Å². The van der Waals surface area contributed by atoms with Gasteiger partial charge in [0.25, 0.3) is 0 Å². The summed E-state index contributed by atoms with van der Waals surface area (Å²) in [6.45, 7) is 2.06. The van der Waals surface area contributed by atoms with Gasteiger partial charge in [-0.05, 0) is 40.5 Å². The molecule has 3 rings (SSSR count). The summed E-state index contributed by atoms with van der Waals surface area (Å²) in [4.78, 5) is 8.50. The molecule has 3 nitrogen and oxygen atoms in total. The molecule has 0 aliphatic heterocycles. The first-order valence-electron chi connectivity index (χ1n) is 5.29. The summed E-state index contributed by atoms with van der Waals surface area (Å²) < 4.78 is 3.00. The lowest BCUT2D eigenvalue weighted by molar-refractivity contribution is 1.14. The van der Waals surface area contributed by atoms with Gasteiger partial charge < -0.3 is 0 Å². The molecule has 17 heavy (non-hydrogen) atoms. The van der Waals surface area contributed by atoms with Crippen LogP contribution in [0.5, 0.6) is 0 Å². The first-order valence-corrected chi connectivity index (χ1v) is 6.08. The minimum absolute atomic E-state index is 0.960. The van der Waals surface area contributed by atoms with Crippen molar-refractivity contribution in [1.29, 1.82) is 0 Å². The third kappa shape index (κ3) is 1.74. The molecule has 3 aromatic rings. The zero-order valence-electron chi connectivity index (χ0n) is 9.26. The van der Waals surface area contributed by atoms with E-state index in [0.717, 1.165) is 26.9 Å². The number of hydrogen-bond donors (Lipinski definition) is 0. The maximum Gasteiger partial charge on any atom is 0.140 e. The van der Waals surface area contributed by atoms with Gasteiger partial charge in [0, 0.05) is 29.7 Å². The lowest BCUT2D eigenvalue weighted by Crippen LogP contribution is -1.91. The van der Waals surface area contributed by atoms with Crippen molar-refractivity contribution in [1.82, 2.24) is 14.4 Å². The molecular weight excluding hydrogens is 278 g/mol. The molecule has 0 amide bonds. The fourth-order valence-electron chi connectivity index (χ4n) is 1.92. The zero-order valence-corrected chi connectivity index (χ0v) is 10.8. The Bertz CT molecular complexity index is 674. The molecule has 0 unspecified atom stereocenters. The van der Waals surface area contributed by atoms with E-state index in [-0.39, 0.29) is 0 Å². The Morgan fingerprint density at radius 3 is 2.88 bits per heavy atom. The predicted molar refractivity (Wildman–Crippen MR) is 70.9 cm³/mol. The summed E-state index contributed by atoms with van der Waals surface area (Å²) in [6.07, 6.45) is 7.53. The van der Waals surface area contributed by atoms with Crippen molar-refractivity contribution in [3.63, 3.8) is 0 Å². The number of nitrogens with zero attached hydrogens (tertiary/aromatic N) is 3. The van der Waals surface area contributed by atoms with Gasteiger partial charge in [-0.25, -0.2) is 4.98 Å². The minimum Gasteiger partial charge on any atom is -0.293 e. The molecule has 0 saturated carbocycles. The van der Waals surface area contributed by atoms with Crippen LogP contribution in [0.2, 0.25) is 0 Å². The van der Waals surface area contributed by atoms with Crippen LogP contribution in [-0.2, 0) is 0 Å². The Balaban J connectivity index is 2.28. The van der Waals surface area contributed by atoms with E-state index < -0.39 is 0 Å². The van der Waals surface area contributed by atoms with Gasteiger partial charge in [0.2, 0.25) is 0 Å². The standard InChI is InChI=1S/C13H10BrN3/c1-9-5-11(10-3-2-4-15-6-10)8-17-12(14)7-16-13(9)17/h2-8H,1H3. The van der Waals surface area contributed by atoms with Crippen LogP contribution in [-0.4, -0.2) is 14.4 Å². The van der Waals surface area contributed by atoms with Crippen LogP contribution in [0, 0.1) is 6.92 Å². The van der Waals surface area contributed by atoms with Crippen LogP contribution in [0.25, 0.3) is 16.8 Å². The SMILES string of the molecule is Cc1cc(-c2cccnc2)cn2c(Br)cnc12. The molecule has 0 aliphatic carbocycles. The molecule has 0 saturated heterocycles. The number of fused-ring (bicyclic) bond motifs is 1. The molecule has 0 spiro atoms. The van der Waals surface area contributed by atoms with Gasteiger partial charge in [-0.2, -0.15) is 0 Å². The Morgan fingerprint density at radius 1 is 1.24 bits per heavy atom. The highest BCUT2D eigenvalue weighted by Gasteiger charge is 2.06. The topological polar surface area (TPSA) is 30.2 Å². The molecular formula is C13H10BrN3. The second-order valence-corrected chi connectivity index (χ2v) is 4.74. The first kappa shape index (κ1) is 10.5. The summed E-state index contributed by atoms with van der Waals surface area (Å²) in [5, 5.41) is 0. The predicted octanol–water partition coefficient (Wildman–Crippen LogP) is 3.47. The van der Waals surface area contributed by atoms with E-state index in [4.69, 9.17) is 0 Å². The molecule has 84 valence electrons. The largest absolute Gasteiger partial charge is 0.293 e. The molecule has 0 fully saturated rings. The quantitative estimate of drug-likeness (QED) is 0.686. The van der Waals surface area contributed by atoms with Crippen molar-refractivity contribution in [2.75, 3.05) is 0 Å². The molecule has 0 atom stereocenters. The highest BCUT2D eigenvalue weighted by atomic mass is 79.9. The van der Waals surface area contributed by atoms with Crippen molar-refractivity contribution < 1.29 is 0 Å². The maximum atomic E-state index is 4.35. The van der Waals surface area contributed by atoms with E-state index >= 15 is 0 Å². The normalized spacial score (nSPS) is 10.9. The highest BCUT2D eigenvalue weighted by Crippen LogP contribution is 2.24. The lowest BCUT2D eigenvalue weighted by atomic mass is 10.1. The van der Waals surface area contributed by atoms with Crippen LogP contribution in [0.3, 0.4) is 0 Å². The van der Waals surface area contributed by atoms with Crippen molar-refractivity contribution in [3.8, 4) is 11.1 Å². The van der Waals surface area contributed by atoms with Gasteiger partial charge in [-0.3, -0.25) is 9.38 Å². The average Bonchev–Trinajstić information content (AvgIpc) is 2.73. The van der Waals surface area contributed by atoms with Gasteiger partial charge in [0.1, 0.15) is 10.3 Å². The monoisotopic (exact) mass is 287 g/mol. The summed E-state index contributed by atoms with van der Waals surface area (Å²) >= 11 is 3.49. The number of rotatable bonds is 1. The second kappa shape index (κ2) is 3.96. The number of aromatic nitrogens is 3. The lowest BCUT2D eigenvalue weighted by Gasteiger charge is -2.05. The maximum absolute atomic E-state index is 4.35. The van der Waals surface area contributed by atoms with Gasteiger partial charge in [-0.15, -0.1) is 0 Å². The second-order valence-electron chi connectivity index (χ2n) is 3.93. The van der Waals surface area contributed by atoms with Crippen LogP contribution in [0.1, 0.15) is 5.56 Å². The smallest absolute Gasteiger partial charge is 0.140 e. The molecule has 3 heterocycles. The number of pyridine rings is 2. The molecule has 0 aromatic carbocycles. The Labute approximate surface area is 107 Å². The van der Waals surface area contributed by atoms with E-state index in [2.05, 4.69) is 51.2 Å². The number of hydrogen-bond acceptors (Lipinski definition) is 2. The van der Waals surface area contributed by atoms with Gasteiger partial charge in [-0.1, -0.05) is 6.07 Å². The number of halogens is 1. The Kier molecular flexibility index (Phi) is 2.44. The summed E-state index contributed by atoms with van der Waals surface area (Å²) in [7, 11) is 0. The van der Waals surface area contributed by atoms with Gasteiger partial charge >= 0.3 is 0 Å². The highest BCUT2D eigenvalue weighted by molar-refractivity contribution is 9.10. The molecule has 0 aliphatic rings. The van der Waals surface area contributed by atoms with E-state index in [1.165, 1.54) is 0 Å². The Hall–Kier alpha value is -1.68. The van der Waals surface area contributed by atoms with Gasteiger partial charge in [0.15, 0.2) is 0 Å². The molecule has 0 N–H and O–H groups in total. The molecule has 3 aromatic heterocycles. The third-order valence-corrected chi connectivity index (χ3v) is 3.33. The number of aryl methyl sites for hydroxylation is 1. The van der Waals surface area contributed by atoms with Gasteiger partial charge in [0.05, 0.1) is 6.20 Å². The van der Waals surface area contributed by atoms with E-state index in [9.17, 15) is 0 Å². The van der Waals surface area contributed by atoms with Crippen molar-refractivity contribution in [3.05, 3.63) is 53.2 Å². The van der Waals surface area contributed by atoms with Crippen LogP contribution < -0.4 is 0 Å². The summed E-state index contributed by atoms with van der Waals surface area (Å²) in [6, 6.07) is 6.13. The average molecular weight is 288 g/mol. The summed E-state index contributed by atoms with van der Waals surface area (Å²) in [5.41, 5.74) is 4.38. The number of imidazole rings is 1. The van der Waals surface area contributed by atoms with E-state index in [0.29, 0.717) is 0 Å². The van der Waals surface area contributed by atoms with E-state index in [1.54, 1.807) is 6.20 Å². The fourth-order valence-corrected chi connectivity index (χ4v) is 2.29. The molecule has 4 heteroatoms. The van der Waals surface area contributed by atoms with Crippen molar-refractivity contribution in [2.24, 2.45) is 0 Å². The third-order valence-electron chi connectivity index (χ3n) is 2.74. The first-order chi connectivity index (χ1) is 8.25. The Morgan fingerprint density at radius 2 is 2.12 bits per heavy atom. The van der Waals surface area contributed by atoms with Crippen LogP contribution in [0.15, 0.2) is 47.6 Å². The molecule has 0 bridgehead atoms. The molecule has 0 radical (unpaired) electrons. The minimum atomic E-state index is 0.960. The van der Waals surface area contributed by atoms with Crippen LogP contribution in [0.4, 0.5) is 0 Å². The zero-order chi connectivity index (χ0) is 11.8. The fraction of sp³-hybridized carbons (Fsp3) is 0.0769. The summed E-state index contributed by atoms with van der Waals surface area (Å²) in [5.74, 6) is 0. The van der Waals surface area contributed by atoms with Crippen molar-refractivity contribution >= 4 is 21.6 Å². The van der Waals surface area contributed by atoms with Crippen molar-refractivity contribution in [2.45, 2.75) is 6.92 Å². The van der Waals surface area contributed by atoms with Crippen LogP contribution >= 0.6 is 15.9 Å².